The number of halogens is 1. The van der Waals surface area contributed by atoms with Crippen molar-refractivity contribution in [3.8, 4) is 0 Å². The molecule has 5 heteroatoms. The molecule has 0 aliphatic heterocycles. The van der Waals surface area contributed by atoms with Crippen molar-refractivity contribution in [2.45, 2.75) is 37.1 Å². The van der Waals surface area contributed by atoms with E-state index in [0.717, 1.165) is 0 Å². The van der Waals surface area contributed by atoms with E-state index in [4.69, 9.17) is 11.5 Å². The summed E-state index contributed by atoms with van der Waals surface area (Å²) in [4.78, 5) is 10.5. The molecule has 5 N–H and O–H groups in total. The normalized spacial score (nSPS) is 43.3. The quantitative estimate of drug-likeness (QED) is 0.507. The van der Waals surface area contributed by atoms with E-state index in [2.05, 4.69) is 0 Å². The van der Waals surface area contributed by atoms with Crippen molar-refractivity contribution in [1.29, 1.82) is 0 Å². The van der Waals surface area contributed by atoms with E-state index >= 15 is 0 Å². The predicted octanol–water partition coefficient (Wildman–Crippen LogP) is -0.948. The summed E-state index contributed by atoms with van der Waals surface area (Å²) < 4.78 is 13.0. The maximum atomic E-state index is 13.0. The van der Waals surface area contributed by atoms with Crippen molar-refractivity contribution in [3.05, 3.63) is 0 Å². The number of hydrogen-bond acceptors (Lipinski definition) is 3. The van der Waals surface area contributed by atoms with Crippen molar-refractivity contribution in [2.24, 2.45) is 11.5 Å². The second-order valence-corrected chi connectivity index (χ2v) is 3.80. The van der Waals surface area contributed by atoms with Gasteiger partial charge in [-0.3, -0.25) is 4.79 Å². The summed E-state index contributed by atoms with van der Waals surface area (Å²) in [5.41, 5.74) is 7.83. The van der Waals surface area contributed by atoms with Gasteiger partial charge in [0.15, 0.2) is 6.10 Å². The highest BCUT2D eigenvalue weighted by Gasteiger charge is 2.55. The highest BCUT2D eigenvalue weighted by molar-refractivity contribution is 5.80. The van der Waals surface area contributed by atoms with Crippen LogP contribution in [0.1, 0.15) is 19.8 Å². The molecule has 1 rings (SSSR count). The fourth-order valence-corrected chi connectivity index (χ4v) is 1.80. The fourth-order valence-electron chi connectivity index (χ4n) is 1.80. The minimum Gasteiger partial charge on any atom is -0.381 e. The topological polar surface area (TPSA) is 89.3 Å². The molecule has 0 radical (unpaired) electrons. The molecule has 0 bridgehead atoms. The summed E-state index contributed by atoms with van der Waals surface area (Å²) in [6.45, 7) is 1.38. The average molecular weight is 176 g/mol. The summed E-state index contributed by atoms with van der Waals surface area (Å²) in [5.74, 6) is -0.895. The Morgan fingerprint density at radius 2 is 2.08 bits per heavy atom. The number of aliphatic hydroxyl groups is 1. The number of alkyl halides is 1. The molecular weight excluding hydrogens is 163 g/mol. The fraction of sp³-hybridized carbons (Fsp3) is 0.857. The Morgan fingerprint density at radius 3 is 2.33 bits per heavy atom. The average Bonchev–Trinajstić information content (AvgIpc) is 1.81. The van der Waals surface area contributed by atoms with Crippen LogP contribution < -0.4 is 11.5 Å². The van der Waals surface area contributed by atoms with Gasteiger partial charge >= 0.3 is 0 Å². The highest BCUT2D eigenvalue weighted by Crippen LogP contribution is 2.44. The van der Waals surface area contributed by atoms with Crippen molar-refractivity contribution >= 4 is 5.91 Å². The maximum absolute atomic E-state index is 13.0. The number of carbonyl (C=O) groups excluding carboxylic acids is 1. The van der Waals surface area contributed by atoms with E-state index < -0.39 is 23.2 Å². The van der Waals surface area contributed by atoms with Gasteiger partial charge in [-0.05, 0) is 6.92 Å². The van der Waals surface area contributed by atoms with Crippen LogP contribution in [0.4, 0.5) is 4.39 Å². The summed E-state index contributed by atoms with van der Waals surface area (Å²) in [7, 11) is 0. The Labute approximate surface area is 69.7 Å². The van der Waals surface area contributed by atoms with E-state index in [9.17, 15) is 14.3 Å². The molecule has 0 aromatic rings. The summed E-state index contributed by atoms with van der Waals surface area (Å²) in [6.07, 6.45) is -1.49. The third kappa shape index (κ3) is 1.42. The lowest BCUT2D eigenvalue weighted by atomic mass is 9.64. The van der Waals surface area contributed by atoms with Gasteiger partial charge < -0.3 is 16.6 Å². The lowest BCUT2D eigenvalue weighted by molar-refractivity contribution is -0.137. The zero-order valence-corrected chi connectivity index (χ0v) is 6.88. The van der Waals surface area contributed by atoms with E-state index in [1.807, 2.05) is 0 Å². The molecule has 1 saturated carbocycles. The minimum absolute atomic E-state index is 0.0237. The summed E-state index contributed by atoms with van der Waals surface area (Å²) in [5, 5.41) is 9.17. The lowest BCUT2D eigenvalue weighted by Crippen LogP contribution is -2.68. The molecule has 1 fully saturated rings. The zero-order chi connectivity index (χ0) is 9.57. The second kappa shape index (κ2) is 2.40. The van der Waals surface area contributed by atoms with Gasteiger partial charge in [0.2, 0.25) is 5.91 Å². The van der Waals surface area contributed by atoms with Crippen molar-refractivity contribution in [1.82, 2.24) is 0 Å². The molecule has 1 unspecified atom stereocenters. The number of carbonyl (C=O) groups is 1. The second-order valence-electron chi connectivity index (χ2n) is 3.80. The third-order valence-corrected chi connectivity index (χ3v) is 2.21. The molecule has 0 spiro atoms. The minimum atomic E-state index is -1.44. The predicted molar refractivity (Wildman–Crippen MR) is 40.9 cm³/mol. The van der Waals surface area contributed by atoms with Crippen LogP contribution in [0.3, 0.4) is 0 Å². The van der Waals surface area contributed by atoms with Crippen molar-refractivity contribution < 1.29 is 14.3 Å². The van der Waals surface area contributed by atoms with Crippen molar-refractivity contribution in [2.75, 3.05) is 0 Å². The van der Waals surface area contributed by atoms with Gasteiger partial charge in [-0.2, -0.15) is 0 Å². The largest absolute Gasteiger partial charge is 0.381 e. The van der Waals surface area contributed by atoms with Gasteiger partial charge in [0, 0.05) is 12.8 Å². The molecule has 0 aromatic carbocycles. The van der Waals surface area contributed by atoms with Crippen LogP contribution in [-0.2, 0) is 4.79 Å². The number of amides is 1. The Hall–Kier alpha value is -0.680. The molecule has 70 valence electrons. The zero-order valence-electron chi connectivity index (χ0n) is 6.88. The van der Waals surface area contributed by atoms with Crippen LogP contribution in [0.15, 0.2) is 0 Å². The Kier molecular flexibility index (Phi) is 1.88. The SMILES string of the molecule is CC1(F)CC(N)(C(O)C(N)=O)C1. The molecule has 1 aliphatic carbocycles. The number of primary amides is 1. The number of nitrogens with two attached hydrogens (primary N) is 2. The van der Waals surface area contributed by atoms with Gasteiger partial charge in [-0.1, -0.05) is 0 Å². The first-order chi connectivity index (χ1) is 5.27. The van der Waals surface area contributed by atoms with E-state index in [-0.39, 0.29) is 12.8 Å². The van der Waals surface area contributed by atoms with Crippen molar-refractivity contribution in [3.63, 3.8) is 0 Å². The van der Waals surface area contributed by atoms with Gasteiger partial charge in [-0.15, -0.1) is 0 Å². The van der Waals surface area contributed by atoms with Gasteiger partial charge in [0.1, 0.15) is 5.67 Å². The van der Waals surface area contributed by atoms with Gasteiger partial charge in [0.25, 0.3) is 0 Å². The number of hydrogen-bond donors (Lipinski definition) is 3. The number of aliphatic hydroxyl groups excluding tert-OH is 1. The number of rotatable bonds is 2. The molecule has 1 amide bonds. The molecule has 1 atom stereocenters. The molecule has 0 heterocycles. The first kappa shape index (κ1) is 9.41. The molecule has 1 aliphatic rings. The summed E-state index contributed by atoms with van der Waals surface area (Å²) >= 11 is 0. The van der Waals surface area contributed by atoms with E-state index in [1.54, 1.807) is 0 Å². The van der Waals surface area contributed by atoms with Crippen LogP contribution in [0, 0.1) is 0 Å². The van der Waals surface area contributed by atoms with Crippen LogP contribution in [0.25, 0.3) is 0 Å². The lowest BCUT2D eigenvalue weighted by Gasteiger charge is -2.49. The smallest absolute Gasteiger partial charge is 0.248 e. The molecule has 0 aromatic heterocycles. The Morgan fingerprint density at radius 1 is 1.67 bits per heavy atom. The first-order valence-corrected chi connectivity index (χ1v) is 3.72. The Balaban J connectivity index is 2.60. The highest BCUT2D eigenvalue weighted by atomic mass is 19.1. The molecule has 4 nitrogen and oxygen atoms in total. The van der Waals surface area contributed by atoms with E-state index in [1.165, 1.54) is 6.92 Å². The van der Waals surface area contributed by atoms with Crippen LogP contribution in [0.2, 0.25) is 0 Å². The summed E-state index contributed by atoms with van der Waals surface area (Å²) in [6, 6.07) is 0. The van der Waals surface area contributed by atoms with E-state index in [0.29, 0.717) is 0 Å². The Bertz CT molecular complexity index is 209. The maximum Gasteiger partial charge on any atom is 0.248 e. The molecular formula is C7H13FN2O2. The monoisotopic (exact) mass is 176 g/mol. The van der Waals surface area contributed by atoms with Crippen LogP contribution in [0.5, 0.6) is 0 Å². The van der Waals surface area contributed by atoms with Gasteiger partial charge in [-0.25, -0.2) is 4.39 Å². The molecule has 0 saturated heterocycles. The van der Waals surface area contributed by atoms with Crippen LogP contribution >= 0.6 is 0 Å². The van der Waals surface area contributed by atoms with Crippen LogP contribution in [-0.4, -0.2) is 28.3 Å². The third-order valence-electron chi connectivity index (χ3n) is 2.21. The standard InChI is InChI=1S/C7H13FN2O2/c1-6(8)2-7(10,3-6)4(11)5(9)12/h4,11H,2-3,10H2,1H3,(H2,9,12). The molecule has 12 heavy (non-hydrogen) atoms. The first-order valence-electron chi connectivity index (χ1n) is 3.72. The van der Waals surface area contributed by atoms with Gasteiger partial charge in [0.05, 0.1) is 5.54 Å².